The number of hydrogen-bond donors (Lipinski definition) is 3. The van der Waals surface area contributed by atoms with E-state index >= 15 is 0 Å². The third-order valence-corrected chi connectivity index (χ3v) is 7.36. The van der Waals surface area contributed by atoms with Gasteiger partial charge < -0.3 is 20.4 Å². The lowest BCUT2D eigenvalue weighted by atomic mass is 9.92. The maximum atomic E-state index is 12.8. The zero-order valence-electron chi connectivity index (χ0n) is 20.5. The molecule has 1 aliphatic carbocycles. The molecule has 2 aliphatic rings. The molecule has 36 heavy (non-hydrogen) atoms. The minimum Gasteiger partial charge on any atom is -0.472 e. The van der Waals surface area contributed by atoms with Gasteiger partial charge in [-0.25, -0.2) is 4.98 Å². The number of aryl methyl sites for hydroxylation is 1. The smallest absolute Gasteiger partial charge is 0.251 e. The molecule has 3 N–H and O–H groups in total. The van der Waals surface area contributed by atoms with Crippen molar-refractivity contribution in [3.63, 3.8) is 0 Å². The Labute approximate surface area is 210 Å². The maximum absolute atomic E-state index is 12.8. The largest absolute Gasteiger partial charge is 0.472 e. The number of carbonyl (C=O) groups excluding carboxylic acids is 1. The molecule has 0 bridgehead atoms. The minimum atomic E-state index is 0.00427. The second-order valence-electron chi connectivity index (χ2n) is 9.92. The van der Waals surface area contributed by atoms with Crippen molar-refractivity contribution in [2.24, 2.45) is 0 Å². The molecule has 0 spiro atoms. The molecule has 1 saturated heterocycles. The van der Waals surface area contributed by atoms with Crippen molar-refractivity contribution in [1.29, 1.82) is 0 Å². The molecule has 2 aromatic heterocycles. The molecule has 2 aromatic carbocycles. The number of hydrogen-bond acceptors (Lipinski definition) is 5. The normalized spacial score (nSPS) is 18.1. The molecule has 1 amide bonds. The fourth-order valence-electron chi connectivity index (χ4n) is 5.02. The van der Waals surface area contributed by atoms with Crippen LogP contribution in [0, 0.1) is 6.92 Å². The van der Waals surface area contributed by atoms with Crippen LogP contribution < -0.4 is 15.4 Å². The van der Waals surface area contributed by atoms with E-state index in [2.05, 4.69) is 45.7 Å². The highest BCUT2D eigenvalue weighted by Crippen LogP contribution is 2.33. The minimum absolute atomic E-state index is 0.00427. The highest BCUT2D eigenvalue weighted by atomic mass is 16.5. The second kappa shape index (κ2) is 9.74. The summed E-state index contributed by atoms with van der Waals surface area (Å²) < 4.78 is 6.11. The van der Waals surface area contributed by atoms with Crippen molar-refractivity contribution in [3.05, 3.63) is 66.1 Å². The monoisotopic (exact) mass is 481 g/mol. The van der Waals surface area contributed by atoms with E-state index in [0.29, 0.717) is 17.5 Å². The Morgan fingerprint density at radius 1 is 1.06 bits per heavy atom. The Balaban J connectivity index is 1.31. The molecule has 1 saturated carbocycles. The Kier molecular flexibility index (Phi) is 6.15. The van der Waals surface area contributed by atoms with Crippen LogP contribution in [0.1, 0.15) is 48.0 Å². The van der Waals surface area contributed by atoms with Crippen LogP contribution in [0.5, 0.6) is 5.88 Å². The summed E-state index contributed by atoms with van der Waals surface area (Å²) in [5, 5.41) is 7.57. The zero-order chi connectivity index (χ0) is 24.5. The Bertz CT molecular complexity index is 1400. The molecule has 0 radical (unpaired) electrons. The Morgan fingerprint density at radius 2 is 1.97 bits per heavy atom. The number of fused-ring (bicyclic) bond motifs is 1. The van der Waals surface area contributed by atoms with Crippen LogP contribution in [-0.4, -0.2) is 46.1 Å². The van der Waals surface area contributed by atoms with Gasteiger partial charge in [-0.2, -0.15) is 0 Å². The van der Waals surface area contributed by atoms with Crippen LogP contribution in [0.2, 0.25) is 0 Å². The van der Waals surface area contributed by atoms with Gasteiger partial charge in [0, 0.05) is 40.8 Å². The number of aromatic amines is 1. The molecule has 1 atom stereocenters. The van der Waals surface area contributed by atoms with Gasteiger partial charge in [-0.05, 0) is 86.5 Å². The average molecular weight is 482 g/mol. The van der Waals surface area contributed by atoms with E-state index < -0.39 is 0 Å². The summed E-state index contributed by atoms with van der Waals surface area (Å²) in [4.78, 5) is 25.3. The summed E-state index contributed by atoms with van der Waals surface area (Å²) >= 11 is 0. The third kappa shape index (κ3) is 4.58. The molecule has 1 aliphatic heterocycles. The van der Waals surface area contributed by atoms with Crippen molar-refractivity contribution < 1.29 is 9.53 Å². The summed E-state index contributed by atoms with van der Waals surface area (Å²) in [6.07, 6.45) is 11.0. The van der Waals surface area contributed by atoms with Crippen molar-refractivity contribution in [3.8, 4) is 28.3 Å². The van der Waals surface area contributed by atoms with Crippen LogP contribution >= 0.6 is 0 Å². The van der Waals surface area contributed by atoms with E-state index in [9.17, 15) is 4.79 Å². The lowest BCUT2D eigenvalue weighted by molar-refractivity contribution is 0.0917. The predicted octanol–water partition coefficient (Wildman–Crippen LogP) is 5.01. The van der Waals surface area contributed by atoms with Gasteiger partial charge in [0.2, 0.25) is 5.88 Å². The number of H-pyrrole nitrogens is 1. The first-order valence-electron chi connectivity index (χ1n) is 12.9. The van der Waals surface area contributed by atoms with Gasteiger partial charge >= 0.3 is 0 Å². The second-order valence-corrected chi connectivity index (χ2v) is 9.92. The van der Waals surface area contributed by atoms with E-state index in [-0.39, 0.29) is 12.0 Å². The first kappa shape index (κ1) is 22.7. The molecule has 2 fully saturated rings. The quantitative estimate of drug-likeness (QED) is 0.360. The van der Waals surface area contributed by atoms with Gasteiger partial charge in [-0.1, -0.05) is 12.1 Å². The van der Waals surface area contributed by atoms with Gasteiger partial charge in [0.1, 0.15) is 6.10 Å². The molecule has 7 heteroatoms. The van der Waals surface area contributed by atoms with Crippen molar-refractivity contribution in [2.45, 2.75) is 51.2 Å². The number of piperidine rings is 1. The van der Waals surface area contributed by atoms with Crippen LogP contribution in [-0.2, 0) is 0 Å². The van der Waals surface area contributed by atoms with E-state index in [1.807, 2.05) is 24.4 Å². The number of rotatable bonds is 6. The van der Waals surface area contributed by atoms with Crippen molar-refractivity contribution >= 4 is 16.8 Å². The fraction of sp³-hybridized carbons (Fsp3) is 0.345. The first-order chi connectivity index (χ1) is 17.6. The highest BCUT2D eigenvalue weighted by Gasteiger charge is 2.21. The highest BCUT2D eigenvalue weighted by molar-refractivity contribution is 5.99. The van der Waals surface area contributed by atoms with Crippen molar-refractivity contribution in [1.82, 2.24) is 25.6 Å². The number of carbonyl (C=O) groups is 1. The molecule has 1 unspecified atom stereocenters. The molecule has 3 heterocycles. The first-order valence-corrected chi connectivity index (χ1v) is 12.9. The van der Waals surface area contributed by atoms with E-state index in [1.54, 1.807) is 12.4 Å². The van der Waals surface area contributed by atoms with Gasteiger partial charge in [0.15, 0.2) is 0 Å². The summed E-state index contributed by atoms with van der Waals surface area (Å²) in [5.41, 5.74) is 6.71. The number of nitrogens with zero attached hydrogens (tertiary/aromatic N) is 2. The topological polar surface area (TPSA) is 91.9 Å². The predicted molar refractivity (Wildman–Crippen MR) is 141 cm³/mol. The van der Waals surface area contributed by atoms with Crippen LogP contribution in [0.25, 0.3) is 33.3 Å². The van der Waals surface area contributed by atoms with Crippen LogP contribution in [0.15, 0.2) is 55.0 Å². The molecular formula is C29H31N5O2. The lowest BCUT2D eigenvalue weighted by Crippen LogP contribution is -2.39. The van der Waals surface area contributed by atoms with Crippen LogP contribution in [0.4, 0.5) is 0 Å². The molecule has 184 valence electrons. The SMILES string of the molecule is Cc1ccc(C(=O)NC2CCC2)cc1-c1ccc2[nH]cc(-c3cncc(OC4CCCNC4)n3)c2c1. The number of ether oxygens (including phenoxy) is 1. The van der Waals surface area contributed by atoms with Gasteiger partial charge in [-0.3, -0.25) is 9.78 Å². The number of benzene rings is 2. The summed E-state index contributed by atoms with van der Waals surface area (Å²) in [5.74, 6) is 0.553. The number of nitrogens with one attached hydrogen (secondary N) is 3. The maximum Gasteiger partial charge on any atom is 0.251 e. The molecule has 7 nitrogen and oxygen atoms in total. The summed E-state index contributed by atoms with van der Waals surface area (Å²) in [6, 6.07) is 12.6. The average Bonchev–Trinajstić information content (AvgIpc) is 3.30. The van der Waals surface area contributed by atoms with Crippen LogP contribution in [0.3, 0.4) is 0 Å². The Hall–Kier alpha value is -3.71. The molecule has 6 rings (SSSR count). The Morgan fingerprint density at radius 3 is 2.78 bits per heavy atom. The molecular weight excluding hydrogens is 450 g/mol. The zero-order valence-corrected chi connectivity index (χ0v) is 20.5. The summed E-state index contributed by atoms with van der Waals surface area (Å²) in [7, 11) is 0. The summed E-state index contributed by atoms with van der Waals surface area (Å²) in [6.45, 7) is 3.95. The van der Waals surface area contributed by atoms with E-state index in [4.69, 9.17) is 9.72 Å². The number of amides is 1. The number of aromatic nitrogens is 3. The van der Waals surface area contributed by atoms with Gasteiger partial charge in [0.25, 0.3) is 5.91 Å². The van der Waals surface area contributed by atoms with Gasteiger partial charge in [0.05, 0.1) is 18.1 Å². The standard InChI is InChI=1S/C29H31N5O2/c1-18-7-8-20(29(35)33-21-4-2-5-21)13-23(18)19-9-10-26-24(12-19)25(15-32-26)27-16-31-17-28(34-27)36-22-6-3-11-30-14-22/h7-10,12-13,15-17,21-22,30,32H,2-6,11,14H2,1H3,(H,33,35). The third-order valence-electron chi connectivity index (χ3n) is 7.36. The van der Waals surface area contributed by atoms with E-state index in [1.165, 1.54) is 6.42 Å². The molecule has 4 aromatic rings. The lowest BCUT2D eigenvalue weighted by Gasteiger charge is -2.26. The fourth-order valence-corrected chi connectivity index (χ4v) is 5.02. The van der Waals surface area contributed by atoms with E-state index in [0.717, 1.165) is 77.6 Å². The van der Waals surface area contributed by atoms with Gasteiger partial charge in [-0.15, -0.1) is 0 Å². The van der Waals surface area contributed by atoms with Crippen molar-refractivity contribution in [2.75, 3.05) is 13.1 Å².